The van der Waals surface area contributed by atoms with Crippen molar-refractivity contribution < 1.29 is 18.6 Å². The quantitative estimate of drug-likeness (QED) is 0.305. The van der Waals surface area contributed by atoms with E-state index in [2.05, 4.69) is 24.1 Å². The normalized spacial score (nSPS) is 11.9. The highest BCUT2D eigenvalue weighted by molar-refractivity contribution is 7.11. The third kappa shape index (κ3) is 7.06. The van der Waals surface area contributed by atoms with Crippen molar-refractivity contribution >= 4 is 22.9 Å². The van der Waals surface area contributed by atoms with Crippen molar-refractivity contribution in [1.29, 1.82) is 0 Å². The Labute approximate surface area is 203 Å². The highest BCUT2D eigenvalue weighted by atomic mass is 35.5. The number of benzene rings is 2. The van der Waals surface area contributed by atoms with Gasteiger partial charge in [0.1, 0.15) is 29.7 Å². The predicted molar refractivity (Wildman–Crippen MR) is 131 cm³/mol. The number of thiazole rings is 1. The zero-order valence-corrected chi connectivity index (χ0v) is 21.0. The first-order chi connectivity index (χ1) is 15.9. The summed E-state index contributed by atoms with van der Waals surface area (Å²) < 4.78 is 31.0. The molecule has 1 atom stereocenters. The summed E-state index contributed by atoms with van der Waals surface area (Å²) in [6.45, 7) is 5.79. The lowest BCUT2D eigenvalue weighted by atomic mass is 10.0. The SMILES string of the molecule is COc1cc(OCc2c(F)cccc2Cl)cc(OC)c1CNCCC(C)Cc1ncc(C)s1. The Morgan fingerprint density at radius 2 is 1.88 bits per heavy atom. The first-order valence-corrected chi connectivity index (χ1v) is 12.0. The number of methoxy groups -OCH3 is 2. The van der Waals surface area contributed by atoms with E-state index >= 15 is 0 Å². The van der Waals surface area contributed by atoms with Crippen LogP contribution in [-0.4, -0.2) is 25.7 Å². The third-order valence-electron chi connectivity index (χ3n) is 5.33. The van der Waals surface area contributed by atoms with Gasteiger partial charge < -0.3 is 19.5 Å². The van der Waals surface area contributed by atoms with Crippen LogP contribution in [0.3, 0.4) is 0 Å². The minimum atomic E-state index is -0.401. The van der Waals surface area contributed by atoms with Crippen LogP contribution in [0.15, 0.2) is 36.5 Å². The van der Waals surface area contributed by atoms with Gasteiger partial charge in [0.05, 0.1) is 29.8 Å². The molecule has 0 spiro atoms. The molecule has 0 aliphatic carbocycles. The largest absolute Gasteiger partial charge is 0.496 e. The van der Waals surface area contributed by atoms with Crippen molar-refractivity contribution in [2.45, 2.75) is 39.8 Å². The summed E-state index contributed by atoms with van der Waals surface area (Å²) in [5.41, 5.74) is 1.21. The highest BCUT2D eigenvalue weighted by Crippen LogP contribution is 2.35. The molecule has 178 valence electrons. The van der Waals surface area contributed by atoms with E-state index in [0.717, 1.165) is 24.9 Å². The summed E-state index contributed by atoms with van der Waals surface area (Å²) in [6, 6.07) is 8.12. The van der Waals surface area contributed by atoms with Crippen LogP contribution in [0.2, 0.25) is 5.02 Å². The van der Waals surface area contributed by atoms with E-state index in [0.29, 0.717) is 40.3 Å². The molecule has 1 aromatic heterocycles. The fourth-order valence-corrected chi connectivity index (χ4v) is 4.67. The minimum absolute atomic E-state index is 0.00588. The van der Waals surface area contributed by atoms with Crippen LogP contribution in [-0.2, 0) is 19.6 Å². The number of aryl methyl sites for hydroxylation is 1. The molecule has 0 fully saturated rings. The van der Waals surface area contributed by atoms with Crippen LogP contribution in [0.5, 0.6) is 17.2 Å². The molecular weight excluding hydrogens is 463 g/mol. The average molecular weight is 493 g/mol. The third-order valence-corrected chi connectivity index (χ3v) is 6.62. The summed E-state index contributed by atoms with van der Waals surface area (Å²) in [6.07, 6.45) is 3.96. The lowest BCUT2D eigenvalue weighted by Crippen LogP contribution is -2.18. The van der Waals surface area contributed by atoms with Crippen molar-refractivity contribution in [3.05, 3.63) is 68.4 Å². The van der Waals surface area contributed by atoms with Gasteiger partial charge in [-0.1, -0.05) is 24.6 Å². The molecule has 0 saturated carbocycles. The first kappa shape index (κ1) is 25.3. The number of nitrogens with zero attached hydrogens (tertiary/aromatic N) is 1. The van der Waals surface area contributed by atoms with Crippen LogP contribution in [0.25, 0.3) is 0 Å². The molecule has 0 aliphatic rings. The molecule has 1 unspecified atom stereocenters. The summed E-state index contributed by atoms with van der Waals surface area (Å²) in [7, 11) is 3.21. The standard InChI is InChI=1S/C25H30ClFN2O3S/c1-16(10-25-29-13-17(2)33-25)8-9-28-14-19-23(30-3)11-18(12-24(19)31-4)32-15-20-21(26)6-5-7-22(20)27/h5-7,11-13,16,28H,8-10,14-15H2,1-4H3. The summed E-state index contributed by atoms with van der Waals surface area (Å²) in [5.74, 6) is 1.93. The van der Waals surface area contributed by atoms with E-state index in [1.165, 1.54) is 16.0 Å². The van der Waals surface area contributed by atoms with E-state index in [1.807, 2.05) is 6.20 Å². The zero-order chi connectivity index (χ0) is 23.8. The molecule has 2 aromatic carbocycles. The van der Waals surface area contributed by atoms with Gasteiger partial charge in [-0.25, -0.2) is 9.37 Å². The smallest absolute Gasteiger partial charge is 0.131 e. The van der Waals surface area contributed by atoms with Gasteiger partial charge in [-0.15, -0.1) is 11.3 Å². The second-order valence-electron chi connectivity index (χ2n) is 7.93. The number of hydrogen-bond acceptors (Lipinski definition) is 6. The maximum Gasteiger partial charge on any atom is 0.131 e. The van der Waals surface area contributed by atoms with Gasteiger partial charge >= 0.3 is 0 Å². The predicted octanol–water partition coefficient (Wildman–Crippen LogP) is 6.20. The van der Waals surface area contributed by atoms with Crippen molar-refractivity contribution in [2.75, 3.05) is 20.8 Å². The number of aromatic nitrogens is 1. The van der Waals surface area contributed by atoms with Gasteiger partial charge in [0.15, 0.2) is 0 Å². The van der Waals surface area contributed by atoms with Gasteiger partial charge in [0.2, 0.25) is 0 Å². The van der Waals surface area contributed by atoms with Crippen molar-refractivity contribution in [3.63, 3.8) is 0 Å². The van der Waals surface area contributed by atoms with Crippen LogP contribution >= 0.6 is 22.9 Å². The van der Waals surface area contributed by atoms with Gasteiger partial charge in [-0.3, -0.25) is 0 Å². The topological polar surface area (TPSA) is 52.6 Å². The second kappa shape index (κ2) is 12.2. The van der Waals surface area contributed by atoms with Gasteiger partial charge in [0, 0.05) is 41.7 Å². The highest BCUT2D eigenvalue weighted by Gasteiger charge is 2.15. The fraction of sp³-hybridized carbons (Fsp3) is 0.400. The number of ether oxygens (including phenoxy) is 3. The Bertz CT molecular complexity index is 1010. The molecule has 1 heterocycles. The molecule has 3 aromatic rings. The molecule has 1 N–H and O–H groups in total. The average Bonchev–Trinajstić information content (AvgIpc) is 3.20. The van der Waals surface area contributed by atoms with Crippen molar-refractivity contribution in [2.24, 2.45) is 5.92 Å². The van der Waals surface area contributed by atoms with Crippen LogP contribution in [0.1, 0.15) is 34.4 Å². The number of rotatable bonds is 12. The van der Waals surface area contributed by atoms with E-state index in [4.69, 9.17) is 25.8 Å². The molecule has 0 amide bonds. The van der Waals surface area contributed by atoms with E-state index < -0.39 is 5.82 Å². The lowest BCUT2D eigenvalue weighted by Gasteiger charge is -2.17. The maximum atomic E-state index is 14.0. The van der Waals surface area contributed by atoms with Crippen molar-refractivity contribution in [1.82, 2.24) is 10.3 Å². The molecule has 5 nitrogen and oxygen atoms in total. The molecule has 0 bridgehead atoms. The minimum Gasteiger partial charge on any atom is -0.496 e. The van der Waals surface area contributed by atoms with E-state index in [9.17, 15) is 4.39 Å². The van der Waals surface area contributed by atoms with Gasteiger partial charge in [-0.2, -0.15) is 0 Å². The zero-order valence-electron chi connectivity index (χ0n) is 19.4. The molecule has 8 heteroatoms. The number of halogens is 2. The number of hydrogen-bond donors (Lipinski definition) is 1. The van der Waals surface area contributed by atoms with Crippen LogP contribution in [0.4, 0.5) is 4.39 Å². The molecular formula is C25H30ClFN2O3S. The Morgan fingerprint density at radius 1 is 1.15 bits per heavy atom. The maximum absolute atomic E-state index is 14.0. The molecule has 3 rings (SSSR count). The van der Waals surface area contributed by atoms with E-state index in [-0.39, 0.29) is 6.61 Å². The first-order valence-electron chi connectivity index (χ1n) is 10.8. The molecule has 0 saturated heterocycles. The van der Waals surface area contributed by atoms with Gasteiger partial charge in [0.25, 0.3) is 0 Å². The Morgan fingerprint density at radius 3 is 2.48 bits per heavy atom. The van der Waals surface area contributed by atoms with Crippen LogP contribution < -0.4 is 19.5 Å². The summed E-state index contributed by atoms with van der Waals surface area (Å²) >= 11 is 7.86. The second-order valence-corrected chi connectivity index (χ2v) is 9.66. The Hall–Kier alpha value is -2.35. The fourth-order valence-electron chi connectivity index (χ4n) is 3.50. The monoisotopic (exact) mass is 492 g/mol. The Kier molecular flexibility index (Phi) is 9.35. The van der Waals surface area contributed by atoms with Crippen molar-refractivity contribution in [3.8, 4) is 17.2 Å². The Balaban J connectivity index is 1.58. The van der Waals surface area contributed by atoms with E-state index in [1.54, 1.807) is 49.8 Å². The van der Waals surface area contributed by atoms with Crippen LogP contribution in [0, 0.1) is 18.7 Å². The lowest BCUT2D eigenvalue weighted by molar-refractivity contribution is 0.294. The molecule has 33 heavy (non-hydrogen) atoms. The van der Waals surface area contributed by atoms with Gasteiger partial charge in [-0.05, 0) is 37.9 Å². The summed E-state index contributed by atoms with van der Waals surface area (Å²) in [4.78, 5) is 5.70. The number of nitrogens with one attached hydrogen (secondary N) is 1. The molecule has 0 aliphatic heterocycles. The summed E-state index contributed by atoms with van der Waals surface area (Å²) in [5, 5.41) is 5.00. The molecule has 0 radical (unpaired) electrons.